The number of fused-ring (bicyclic) bond motifs is 1. The number of carbonyl (C=O) groups excluding carboxylic acids is 3. The molecule has 0 spiro atoms. The first-order valence-corrected chi connectivity index (χ1v) is 16.5. The van der Waals surface area contributed by atoms with Crippen molar-refractivity contribution >= 4 is 34.7 Å². The molecule has 266 valence electrons. The summed E-state index contributed by atoms with van der Waals surface area (Å²) < 4.78 is 11.8. The first kappa shape index (κ1) is 38.7. The number of urea groups is 1. The number of nitrogens with zero attached hydrogens (tertiary/aromatic N) is 3. The van der Waals surface area contributed by atoms with Crippen molar-refractivity contribution in [1.29, 1.82) is 0 Å². The van der Waals surface area contributed by atoms with E-state index in [4.69, 9.17) is 14.6 Å². The van der Waals surface area contributed by atoms with Gasteiger partial charge in [0.05, 0.1) is 12.6 Å². The molecule has 0 unspecified atom stereocenters. The molecule has 0 radical (unpaired) electrons. The summed E-state index contributed by atoms with van der Waals surface area (Å²) in [5.74, 6) is -0.821. The molecule has 5 amide bonds. The summed E-state index contributed by atoms with van der Waals surface area (Å²) in [5.41, 5.74) is 4.39. The Morgan fingerprint density at radius 2 is 1.61 bits per heavy atom. The second kappa shape index (κ2) is 20.5. The highest BCUT2D eigenvalue weighted by molar-refractivity contribution is 5.90. The number of carboxylic acid groups (broad SMARTS) is 1. The summed E-state index contributed by atoms with van der Waals surface area (Å²) in [6, 6.07) is 15.4. The Hall–Kier alpha value is -4.79. The van der Waals surface area contributed by atoms with E-state index in [0.717, 1.165) is 21.9 Å². The third-order valence-electron chi connectivity index (χ3n) is 7.76. The van der Waals surface area contributed by atoms with Gasteiger partial charge in [-0.15, -0.1) is 0 Å². The maximum Gasteiger partial charge on any atom is 0.404 e. The van der Waals surface area contributed by atoms with E-state index in [9.17, 15) is 19.2 Å². The van der Waals surface area contributed by atoms with Gasteiger partial charge >= 0.3 is 12.1 Å². The number of unbranched alkanes of at least 4 members (excludes halogenated alkanes) is 1. The van der Waals surface area contributed by atoms with E-state index in [1.54, 1.807) is 36.5 Å². The summed E-state index contributed by atoms with van der Waals surface area (Å²) in [4.78, 5) is 56.9. The van der Waals surface area contributed by atoms with E-state index in [1.165, 1.54) is 5.01 Å². The minimum Gasteiger partial charge on any atom is -0.465 e. The molecule has 0 saturated heterocycles. The van der Waals surface area contributed by atoms with Crippen LogP contribution in [0.5, 0.6) is 0 Å². The van der Waals surface area contributed by atoms with Crippen LogP contribution in [-0.2, 0) is 32.2 Å². The van der Waals surface area contributed by atoms with Crippen LogP contribution in [0, 0.1) is 0 Å². The fraction of sp³-hybridized carbons (Fsp3) is 0.457. The van der Waals surface area contributed by atoms with Crippen LogP contribution in [0.3, 0.4) is 0 Å². The second-order valence-electron chi connectivity index (χ2n) is 11.5. The van der Waals surface area contributed by atoms with Gasteiger partial charge in [-0.05, 0) is 74.1 Å². The number of benzene rings is 2. The molecular weight excluding hydrogens is 630 g/mol. The number of hydrazine groups is 1. The van der Waals surface area contributed by atoms with Crippen molar-refractivity contribution in [2.24, 2.45) is 0 Å². The Morgan fingerprint density at radius 1 is 0.918 bits per heavy atom. The number of pyridine rings is 1. The van der Waals surface area contributed by atoms with Gasteiger partial charge in [0.1, 0.15) is 6.04 Å². The van der Waals surface area contributed by atoms with E-state index in [1.807, 2.05) is 63.2 Å². The van der Waals surface area contributed by atoms with Crippen LogP contribution < -0.4 is 21.4 Å². The number of ether oxygens (including phenoxy) is 2. The number of hydrogen-bond acceptors (Lipinski definition) is 8. The molecule has 0 aliphatic carbocycles. The zero-order chi connectivity index (χ0) is 35.6. The van der Waals surface area contributed by atoms with Gasteiger partial charge < -0.3 is 35.4 Å². The van der Waals surface area contributed by atoms with Gasteiger partial charge in [0.15, 0.2) is 6.29 Å². The van der Waals surface area contributed by atoms with Gasteiger partial charge in [0.25, 0.3) is 0 Å². The highest BCUT2D eigenvalue weighted by atomic mass is 16.7. The average molecular weight is 680 g/mol. The van der Waals surface area contributed by atoms with Crippen molar-refractivity contribution in [2.45, 2.75) is 71.5 Å². The molecule has 0 bridgehead atoms. The molecule has 1 aromatic heterocycles. The fourth-order valence-corrected chi connectivity index (χ4v) is 5.36. The predicted molar refractivity (Wildman–Crippen MR) is 185 cm³/mol. The Bertz CT molecular complexity index is 1480. The number of amides is 5. The lowest BCUT2D eigenvalue weighted by Crippen LogP contribution is -2.56. The maximum absolute atomic E-state index is 14.5. The molecule has 0 fully saturated rings. The smallest absolute Gasteiger partial charge is 0.404 e. The van der Waals surface area contributed by atoms with Crippen LogP contribution in [0.4, 0.5) is 9.59 Å². The molecular formula is C35H49N7O7. The maximum atomic E-state index is 14.5. The van der Waals surface area contributed by atoms with Crippen LogP contribution >= 0.6 is 0 Å². The Kier molecular flexibility index (Phi) is 16.2. The van der Waals surface area contributed by atoms with Crippen molar-refractivity contribution in [1.82, 2.24) is 36.3 Å². The Balaban J connectivity index is 1.80. The minimum atomic E-state index is -1.13. The first-order valence-electron chi connectivity index (χ1n) is 16.5. The van der Waals surface area contributed by atoms with Gasteiger partial charge in [-0.25, -0.2) is 14.6 Å². The van der Waals surface area contributed by atoms with Gasteiger partial charge in [0, 0.05) is 52.3 Å². The predicted octanol–water partition coefficient (Wildman–Crippen LogP) is 3.62. The number of aromatic nitrogens is 1. The summed E-state index contributed by atoms with van der Waals surface area (Å²) in [6.45, 7) is 6.79. The topological polar surface area (TPSA) is 174 Å². The van der Waals surface area contributed by atoms with Crippen molar-refractivity contribution < 1.29 is 33.8 Å². The van der Waals surface area contributed by atoms with Crippen molar-refractivity contribution in [3.63, 3.8) is 0 Å². The minimum absolute atomic E-state index is 0.207. The second-order valence-corrected chi connectivity index (χ2v) is 11.5. The summed E-state index contributed by atoms with van der Waals surface area (Å²) in [7, 11) is 1.55. The first-order chi connectivity index (χ1) is 23.6. The standard InChI is InChI=1S/C35H49N7O7/c1-5-48-33(49-6-2)25(3)42(23-28-14-11-13-27-12-7-8-15-29(27)28)32(44)30(16-9-10-19-37-35(46)47)39-31(43)24-41(4)40-34(45)38-22-26-17-20-36-21-18-26/h7-8,11-15,17-18,20-21,25,30,33,37H,5-6,9-10,16,19,22-24H2,1-4H3,(H,39,43)(H,46,47)(H2,38,40,45)/t25-,30-/m0/s1. The van der Waals surface area contributed by atoms with Gasteiger partial charge in [-0.2, -0.15) is 0 Å². The van der Waals surface area contributed by atoms with Crippen LogP contribution in [0.1, 0.15) is 51.2 Å². The van der Waals surface area contributed by atoms with Crippen LogP contribution in [0.15, 0.2) is 67.0 Å². The third kappa shape index (κ3) is 13.0. The van der Waals surface area contributed by atoms with Crippen molar-refractivity contribution in [3.05, 3.63) is 78.1 Å². The molecule has 49 heavy (non-hydrogen) atoms. The quantitative estimate of drug-likeness (QED) is 0.0679. The lowest BCUT2D eigenvalue weighted by Gasteiger charge is -2.37. The van der Waals surface area contributed by atoms with E-state index < -0.39 is 36.4 Å². The lowest BCUT2D eigenvalue weighted by atomic mass is 10.0. The molecule has 0 saturated carbocycles. The van der Waals surface area contributed by atoms with E-state index in [-0.39, 0.29) is 38.5 Å². The van der Waals surface area contributed by atoms with Crippen LogP contribution in [0.2, 0.25) is 0 Å². The third-order valence-corrected chi connectivity index (χ3v) is 7.76. The summed E-state index contributed by atoms with van der Waals surface area (Å²) in [5, 5.41) is 20.2. The Morgan fingerprint density at radius 3 is 2.31 bits per heavy atom. The van der Waals surface area contributed by atoms with Crippen LogP contribution in [-0.4, -0.2) is 95.7 Å². The number of carbonyl (C=O) groups is 4. The fourth-order valence-electron chi connectivity index (χ4n) is 5.36. The van der Waals surface area contributed by atoms with E-state index >= 15 is 0 Å². The number of likely N-dealkylation sites (N-methyl/N-ethyl adjacent to an activating group) is 1. The normalized spacial score (nSPS) is 12.4. The van der Waals surface area contributed by atoms with Crippen LogP contribution in [0.25, 0.3) is 10.8 Å². The zero-order valence-electron chi connectivity index (χ0n) is 28.7. The van der Waals surface area contributed by atoms with Crippen molar-refractivity contribution in [2.75, 3.05) is 33.4 Å². The van der Waals surface area contributed by atoms with Gasteiger partial charge in [0.2, 0.25) is 11.8 Å². The molecule has 3 rings (SSSR count). The summed E-state index contributed by atoms with van der Waals surface area (Å²) >= 11 is 0. The SMILES string of the molecule is CCOC(OCC)[C@H](C)N(Cc1cccc2ccccc12)C(=O)[C@H](CCCCNC(=O)O)NC(=O)CN(C)NC(=O)NCc1ccncc1. The molecule has 2 aromatic carbocycles. The number of rotatable bonds is 20. The highest BCUT2D eigenvalue weighted by Gasteiger charge is 2.34. The molecule has 2 atom stereocenters. The van der Waals surface area contributed by atoms with Gasteiger partial charge in [-0.1, -0.05) is 42.5 Å². The average Bonchev–Trinajstić information content (AvgIpc) is 3.08. The van der Waals surface area contributed by atoms with Gasteiger partial charge in [-0.3, -0.25) is 20.0 Å². The lowest BCUT2D eigenvalue weighted by molar-refractivity contribution is -0.179. The van der Waals surface area contributed by atoms with Crippen molar-refractivity contribution in [3.8, 4) is 0 Å². The monoisotopic (exact) mass is 679 g/mol. The zero-order valence-corrected chi connectivity index (χ0v) is 28.7. The molecule has 0 aliphatic rings. The number of hydrogen-bond donors (Lipinski definition) is 5. The van der Waals surface area contributed by atoms with E-state index in [0.29, 0.717) is 26.1 Å². The summed E-state index contributed by atoms with van der Waals surface area (Å²) in [6.07, 6.45) is 2.58. The molecule has 1 heterocycles. The molecule has 14 heteroatoms. The highest BCUT2D eigenvalue weighted by Crippen LogP contribution is 2.23. The largest absolute Gasteiger partial charge is 0.465 e. The Labute approximate surface area is 287 Å². The van der Waals surface area contributed by atoms with E-state index in [2.05, 4.69) is 26.4 Å². The molecule has 5 N–H and O–H groups in total. The molecule has 14 nitrogen and oxygen atoms in total. The molecule has 0 aliphatic heterocycles. The number of nitrogens with one attached hydrogen (secondary N) is 4. The molecule has 3 aromatic rings.